The predicted molar refractivity (Wildman–Crippen MR) is 82.4 cm³/mol. The number of rotatable bonds is 4. The summed E-state index contributed by atoms with van der Waals surface area (Å²) in [5.41, 5.74) is -0.672. The first-order chi connectivity index (χ1) is 9.02. The van der Waals surface area contributed by atoms with Gasteiger partial charge in [-0.1, -0.05) is 6.92 Å². The fraction of sp³-hybridized carbons (Fsp3) is 0.929. The van der Waals surface area contributed by atoms with Gasteiger partial charge in [0.1, 0.15) is 0 Å². The SMILES string of the molecule is C[C@@H](CCNC(=O)N1CC(C)(C)OC(C)(C)C1)[S@@](C)=O. The minimum absolute atomic E-state index is 0.0662. The number of morpholine rings is 1. The Balaban J connectivity index is 2.49. The Labute approximate surface area is 124 Å². The number of nitrogens with zero attached hydrogens (tertiary/aromatic N) is 1. The third kappa shape index (κ3) is 5.40. The molecule has 1 saturated heterocycles. The van der Waals surface area contributed by atoms with Crippen molar-refractivity contribution >= 4 is 16.8 Å². The van der Waals surface area contributed by atoms with E-state index in [1.165, 1.54) is 0 Å². The van der Waals surface area contributed by atoms with Gasteiger partial charge >= 0.3 is 6.03 Å². The molecule has 0 spiro atoms. The van der Waals surface area contributed by atoms with Crippen LogP contribution in [0.4, 0.5) is 4.79 Å². The molecule has 0 aromatic heterocycles. The van der Waals surface area contributed by atoms with Crippen molar-refractivity contribution in [3.05, 3.63) is 0 Å². The van der Waals surface area contributed by atoms with Gasteiger partial charge in [0.2, 0.25) is 0 Å². The number of nitrogens with one attached hydrogen (secondary N) is 1. The lowest BCUT2D eigenvalue weighted by atomic mass is 9.99. The van der Waals surface area contributed by atoms with Crippen molar-refractivity contribution < 1.29 is 13.7 Å². The first kappa shape index (κ1) is 17.4. The highest BCUT2D eigenvalue weighted by Crippen LogP contribution is 2.27. The maximum absolute atomic E-state index is 12.2. The fourth-order valence-corrected chi connectivity index (χ4v) is 3.04. The number of hydrogen-bond donors (Lipinski definition) is 1. The summed E-state index contributed by atoms with van der Waals surface area (Å²) in [7, 11) is -0.840. The van der Waals surface area contributed by atoms with Crippen LogP contribution in [-0.2, 0) is 15.5 Å². The monoisotopic (exact) mass is 304 g/mol. The third-order valence-electron chi connectivity index (χ3n) is 3.38. The molecule has 1 fully saturated rings. The quantitative estimate of drug-likeness (QED) is 0.861. The van der Waals surface area contributed by atoms with Crippen LogP contribution in [0, 0.1) is 0 Å². The summed E-state index contributed by atoms with van der Waals surface area (Å²) >= 11 is 0. The molecule has 1 N–H and O–H groups in total. The summed E-state index contributed by atoms with van der Waals surface area (Å²) in [5.74, 6) is 0. The zero-order valence-corrected chi connectivity index (χ0v) is 14.3. The summed E-state index contributed by atoms with van der Waals surface area (Å²) < 4.78 is 17.2. The van der Waals surface area contributed by atoms with E-state index >= 15 is 0 Å². The van der Waals surface area contributed by atoms with Crippen molar-refractivity contribution in [3.63, 3.8) is 0 Å². The Kier molecular flexibility index (Phi) is 5.61. The molecule has 5 nitrogen and oxygen atoms in total. The Bertz CT molecular complexity index is 367. The molecule has 2 amide bonds. The average molecular weight is 304 g/mol. The highest BCUT2D eigenvalue weighted by atomic mass is 32.2. The van der Waals surface area contributed by atoms with Crippen molar-refractivity contribution in [2.24, 2.45) is 0 Å². The molecule has 118 valence electrons. The van der Waals surface area contributed by atoms with Crippen molar-refractivity contribution in [1.82, 2.24) is 10.2 Å². The summed E-state index contributed by atoms with van der Waals surface area (Å²) in [6.07, 6.45) is 2.42. The van der Waals surface area contributed by atoms with Gasteiger partial charge in [-0.15, -0.1) is 0 Å². The normalized spacial score (nSPS) is 24.0. The van der Waals surface area contributed by atoms with Crippen LogP contribution >= 0.6 is 0 Å². The average Bonchev–Trinajstić information content (AvgIpc) is 2.24. The summed E-state index contributed by atoms with van der Waals surface area (Å²) in [4.78, 5) is 14.0. The van der Waals surface area contributed by atoms with Gasteiger partial charge in [0.15, 0.2) is 0 Å². The maximum Gasteiger partial charge on any atom is 0.317 e. The van der Waals surface area contributed by atoms with E-state index in [1.807, 2.05) is 34.6 Å². The lowest BCUT2D eigenvalue weighted by Gasteiger charge is -2.47. The number of carbonyl (C=O) groups is 1. The molecule has 1 aliphatic heterocycles. The molecule has 20 heavy (non-hydrogen) atoms. The van der Waals surface area contributed by atoms with Crippen LogP contribution < -0.4 is 5.32 Å². The summed E-state index contributed by atoms with van der Waals surface area (Å²) in [5, 5.41) is 3.02. The van der Waals surface area contributed by atoms with Crippen LogP contribution in [0.15, 0.2) is 0 Å². The highest BCUT2D eigenvalue weighted by Gasteiger charge is 2.39. The van der Waals surface area contributed by atoms with E-state index in [-0.39, 0.29) is 22.5 Å². The van der Waals surface area contributed by atoms with Crippen molar-refractivity contribution in [1.29, 1.82) is 0 Å². The van der Waals surface area contributed by atoms with Gasteiger partial charge in [0, 0.05) is 28.9 Å². The second-order valence-corrected chi connectivity index (χ2v) is 8.61. The van der Waals surface area contributed by atoms with E-state index in [4.69, 9.17) is 4.74 Å². The van der Waals surface area contributed by atoms with Gasteiger partial charge in [-0.25, -0.2) is 4.79 Å². The molecule has 1 heterocycles. The van der Waals surface area contributed by atoms with Crippen LogP contribution in [-0.4, -0.2) is 57.5 Å². The molecule has 2 atom stereocenters. The highest BCUT2D eigenvalue weighted by molar-refractivity contribution is 7.84. The van der Waals surface area contributed by atoms with Gasteiger partial charge in [0.25, 0.3) is 0 Å². The fourth-order valence-electron chi connectivity index (χ4n) is 2.59. The Morgan fingerprint density at radius 2 is 1.80 bits per heavy atom. The molecular weight excluding hydrogens is 276 g/mol. The molecule has 0 aromatic rings. The Morgan fingerprint density at radius 3 is 2.25 bits per heavy atom. The van der Waals surface area contributed by atoms with Gasteiger partial charge < -0.3 is 15.0 Å². The van der Waals surface area contributed by atoms with E-state index in [0.717, 1.165) is 6.42 Å². The van der Waals surface area contributed by atoms with E-state index in [9.17, 15) is 9.00 Å². The van der Waals surface area contributed by atoms with Gasteiger partial charge in [-0.2, -0.15) is 0 Å². The zero-order chi connectivity index (χ0) is 15.6. The van der Waals surface area contributed by atoms with Crippen LogP contribution in [0.25, 0.3) is 0 Å². The summed E-state index contributed by atoms with van der Waals surface area (Å²) in [6, 6.07) is -0.0662. The lowest BCUT2D eigenvalue weighted by Crippen LogP contribution is -2.60. The van der Waals surface area contributed by atoms with Crippen LogP contribution in [0.3, 0.4) is 0 Å². The third-order valence-corrected chi connectivity index (χ3v) is 4.75. The molecule has 0 aliphatic carbocycles. The van der Waals surface area contributed by atoms with E-state index in [0.29, 0.717) is 19.6 Å². The van der Waals surface area contributed by atoms with Crippen molar-refractivity contribution in [3.8, 4) is 0 Å². The van der Waals surface area contributed by atoms with E-state index < -0.39 is 10.8 Å². The molecule has 0 unspecified atom stereocenters. The topological polar surface area (TPSA) is 58.6 Å². The molecule has 0 aromatic carbocycles. The molecule has 0 bridgehead atoms. The van der Waals surface area contributed by atoms with Gasteiger partial charge in [0.05, 0.1) is 24.3 Å². The second kappa shape index (κ2) is 6.43. The van der Waals surface area contributed by atoms with Crippen molar-refractivity contribution in [2.45, 2.75) is 57.5 Å². The first-order valence-corrected chi connectivity index (χ1v) is 8.70. The number of carbonyl (C=O) groups excluding carboxylic acids is 1. The standard InChI is InChI=1S/C14H28N2O3S/c1-11(20(6)18)7-8-15-12(17)16-9-13(2,3)19-14(4,5)10-16/h11H,7-10H2,1-6H3,(H,15,17)/t11-,20+/m0/s1. The smallest absolute Gasteiger partial charge is 0.317 e. The zero-order valence-electron chi connectivity index (χ0n) is 13.5. The number of ether oxygens (including phenoxy) is 1. The van der Waals surface area contributed by atoms with Crippen LogP contribution in [0.5, 0.6) is 0 Å². The molecule has 6 heteroatoms. The molecule has 0 saturated carbocycles. The van der Waals surface area contributed by atoms with Gasteiger partial charge in [-0.05, 0) is 34.1 Å². The lowest BCUT2D eigenvalue weighted by molar-refractivity contribution is -0.170. The minimum atomic E-state index is -0.840. The minimum Gasteiger partial charge on any atom is -0.366 e. The largest absolute Gasteiger partial charge is 0.366 e. The molecule has 1 rings (SSSR count). The number of hydrogen-bond acceptors (Lipinski definition) is 3. The van der Waals surface area contributed by atoms with Crippen LogP contribution in [0.2, 0.25) is 0 Å². The summed E-state index contributed by atoms with van der Waals surface area (Å²) in [6.45, 7) is 11.6. The molecular formula is C14H28N2O3S. The van der Waals surface area contributed by atoms with Gasteiger partial charge in [-0.3, -0.25) is 4.21 Å². The molecule has 1 aliphatic rings. The predicted octanol–water partition coefficient (Wildman–Crippen LogP) is 1.74. The first-order valence-electron chi connectivity index (χ1n) is 7.08. The maximum atomic E-state index is 12.2. The van der Waals surface area contributed by atoms with Crippen molar-refractivity contribution in [2.75, 3.05) is 25.9 Å². The number of urea groups is 1. The molecule has 0 radical (unpaired) electrons. The second-order valence-electron chi connectivity index (χ2n) is 6.81. The van der Waals surface area contributed by atoms with E-state index in [1.54, 1.807) is 11.2 Å². The van der Waals surface area contributed by atoms with E-state index in [2.05, 4.69) is 5.32 Å². The Hall–Kier alpha value is -0.620. The Morgan fingerprint density at radius 1 is 1.30 bits per heavy atom. The number of amides is 2. The van der Waals surface area contributed by atoms with Crippen LogP contribution in [0.1, 0.15) is 41.0 Å².